The summed E-state index contributed by atoms with van der Waals surface area (Å²) in [5.41, 5.74) is -1.47. The first-order chi connectivity index (χ1) is 4.15. The van der Waals surface area contributed by atoms with Crippen molar-refractivity contribution in [3.63, 3.8) is 0 Å². The minimum Gasteiger partial charge on any atom is -0.445 e. The van der Waals surface area contributed by atoms with Gasteiger partial charge in [-0.15, -0.1) is 12.1 Å². The van der Waals surface area contributed by atoms with Crippen LogP contribution in [-0.4, -0.2) is 6.98 Å². The smallest absolute Gasteiger partial charge is 0.445 e. The van der Waals surface area contributed by atoms with Crippen molar-refractivity contribution < 1.29 is 64.3 Å². The molecule has 0 heterocycles. The van der Waals surface area contributed by atoms with Crippen LogP contribution in [-0.2, 0) is 0 Å². The second kappa shape index (κ2) is 4.46. The van der Waals surface area contributed by atoms with Crippen LogP contribution >= 0.6 is 0 Å². The zero-order chi connectivity index (χ0) is 8.58. The summed E-state index contributed by atoms with van der Waals surface area (Å²) in [6.07, 6.45) is 0. The summed E-state index contributed by atoms with van der Waals surface area (Å²) in [6, 6.07) is 0. The molecule has 5 heteroatoms. The van der Waals surface area contributed by atoms with Gasteiger partial charge in [-0.25, -0.2) is 0 Å². The topological polar surface area (TPSA) is 0 Å². The third-order valence-electron chi connectivity index (χ3n) is 1.36. The molecule has 0 amide bonds. The SMILES string of the molecule is C=C([B-](F)(F)F)C(C)(C)C.[K+]. The van der Waals surface area contributed by atoms with Gasteiger partial charge in [-0.05, 0) is 5.41 Å². The van der Waals surface area contributed by atoms with Gasteiger partial charge in [0.1, 0.15) is 0 Å². The Bertz CT molecular complexity index is 129. The van der Waals surface area contributed by atoms with Crippen LogP contribution in [0.3, 0.4) is 0 Å². The van der Waals surface area contributed by atoms with Gasteiger partial charge in [0.25, 0.3) is 0 Å². The molecule has 0 aliphatic heterocycles. The van der Waals surface area contributed by atoms with Gasteiger partial charge in [0.05, 0.1) is 0 Å². The minimum atomic E-state index is -4.85. The van der Waals surface area contributed by atoms with Crippen molar-refractivity contribution in [3.8, 4) is 0 Å². The Balaban J connectivity index is 0. The van der Waals surface area contributed by atoms with Gasteiger partial charge in [0.2, 0.25) is 0 Å². The number of rotatable bonds is 1. The van der Waals surface area contributed by atoms with E-state index in [0.717, 1.165) is 0 Å². The number of halogens is 3. The van der Waals surface area contributed by atoms with Crippen LogP contribution in [0.5, 0.6) is 0 Å². The average Bonchev–Trinajstić information content (AvgIpc) is 1.59. The monoisotopic (exact) mass is 190 g/mol. The first-order valence-corrected chi connectivity index (χ1v) is 3.05. The number of hydrogen-bond donors (Lipinski definition) is 0. The van der Waals surface area contributed by atoms with Crippen molar-refractivity contribution in [1.82, 2.24) is 0 Å². The molecule has 0 aromatic heterocycles. The van der Waals surface area contributed by atoms with Crippen LogP contribution in [0.15, 0.2) is 12.1 Å². The fraction of sp³-hybridized carbons (Fsp3) is 0.667. The molecule has 0 radical (unpaired) electrons. The van der Waals surface area contributed by atoms with E-state index in [4.69, 9.17) is 0 Å². The van der Waals surface area contributed by atoms with Gasteiger partial charge in [-0.3, -0.25) is 0 Å². The molecular formula is C6H11BF3K. The van der Waals surface area contributed by atoms with E-state index < -0.39 is 17.9 Å². The second-order valence-corrected chi connectivity index (χ2v) is 3.35. The summed E-state index contributed by atoms with van der Waals surface area (Å²) in [5, 5.41) is 0. The van der Waals surface area contributed by atoms with E-state index in [1.54, 1.807) is 0 Å². The van der Waals surface area contributed by atoms with Crippen LogP contribution in [0, 0.1) is 5.41 Å². The molecule has 60 valence electrons. The molecule has 0 atom stereocenters. The van der Waals surface area contributed by atoms with E-state index in [2.05, 4.69) is 6.58 Å². The van der Waals surface area contributed by atoms with E-state index in [0.29, 0.717) is 0 Å². The van der Waals surface area contributed by atoms with E-state index in [-0.39, 0.29) is 51.4 Å². The van der Waals surface area contributed by atoms with Gasteiger partial charge in [-0.2, -0.15) is 0 Å². The zero-order valence-electron chi connectivity index (χ0n) is 7.42. The molecule has 0 rings (SSSR count). The van der Waals surface area contributed by atoms with Crippen molar-refractivity contribution in [2.75, 3.05) is 0 Å². The van der Waals surface area contributed by atoms with Gasteiger partial charge >= 0.3 is 58.4 Å². The molecule has 0 bridgehead atoms. The number of allylic oxidation sites excluding steroid dienone is 1. The maximum atomic E-state index is 11.9. The largest absolute Gasteiger partial charge is 1.00 e. The predicted octanol–water partition coefficient (Wildman–Crippen LogP) is -0.0207. The molecule has 0 unspecified atom stereocenters. The summed E-state index contributed by atoms with van der Waals surface area (Å²) >= 11 is 0. The summed E-state index contributed by atoms with van der Waals surface area (Å²) in [6.45, 7) is 2.66. The van der Waals surface area contributed by atoms with Crippen LogP contribution in [0.2, 0.25) is 0 Å². The van der Waals surface area contributed by atoms with Crippen LogP contribution in [0.4, 0.5) is 12.9 Å². The molecule has 0 aliphatic carbocycles. The Morgan fingerprint density at radius 3 is 1.45 bits per heavy atom. The Morgan fingerprint density at radius 2 is 1.45 bits per heavy atom. The van der Waals surface area contributed by atoms with Gasteiger partial charge in [-0.1, -0.05) is 20.8 Å². The summed E-state index contributed by atoms with van der Waals surface area (Å²) in [4.78, 5) is 0. The zero-order valence-corrected chi connectivity index (χ0v) is 10.5. The van der Waals surface area contributed by atoms with Crippen molar-refractivity contribution in [2.45, 2.75) is 20.8 Å². The Hall–Kier alpha value is 1.23. The first kappa shape index (κ1) is 14.7. The van der Waals surface area contributed by atoms with Crippen LogP contribution < -0.4 is 51.4 Å². The van der Waals surface area contributed by atoms with Gasteiger partial charge < -0.3 is 12.9 Å². The van der Waals surface area contributed by atoms with Crippen molar-refractivity contribution in [2.24, 2.45) is 5.41 Å². The standard InChI is InChI=1S/C6H11BF3.K/c1-5(6(2,3)4)7(8,9)10;/h1H2,2-4H3;/q-1;+1. The van der Waals surface area contributed by atoms with Gasteiger partial charge in [0, 0.05) is 0 Å². The molecule has 0 aliphatic rings. The third-order valence-corrected chi connectivity index (χ3v) is 1.36. The molecule has 0 aromatic carbocycles. The molecule has 0 saturated heterocycles. The van der Waals surface area contributed by atoms with Crippen LogP contribution in [0.1, 0.15) is 20.8 Å². The fourth-order valence-electron chi connectivity index (χ4n) is 0.491. The first-order valence-electron chi connectivity index (χ1n) is 3.05. The Morgan fingerprint density at radius 1 is 1.18 bits per heavy atom. The molecule has 0 aromatic rings. The summed E-state index contributed by atoms with van der Waals surface area (Å²) in [5.74, 6) is 0. The van der Waals surface area contributed by atoms with Crippen molar-refractivity contribution >= 4 is 6.98 Å². The fourth-order valence-corrected chi connectivity index (χ4v) is 0.491. The Labute approximate surface area is 108 Å². The molecule has 0 fully saturated rings. The second-order valence-electron chi connectivity index (χ2n) is 3.35. The molecular weight excluding hydrogens is 179 g/mol. The summed E-state index contributed by atoms with van der Waals surface area (Å²) in [7, 11) is 0. The number of hydrogen-bond acceptors (Lipinski definition) is 0. The van der Waals surface area contributed by atoms with Crippen molar-refractivity contribution in [1.29, 1.82) is 0 Å². The quantitative estimate of drug-likeness (QED) is 0.510. The molecule has 0 nitrogen and oxygen atoms in total. The molecule has 11 heavy (non-hydrogen) atoms. The van der Waals surface area contributed by atoms with Gasteiger partial charge in [0.15, 0.2) is 0 Å². The Kier molecular flexibility index (Phi) is 5.98. The van der Waals surface area contributed by atoms with E-state index in [1.807, 2.05) is 0 Å². The normalized spacial score (nSPS) is 12.2. The maximum Gasteiger partial charge on any atom is 1.00 e. The van der Waals surface area contributed by atoms with E-state index in [9.17, 15) is 12.9 Å². The van der Waals surface area contributed by atoms with Crippen LogP contribution in [0.25, 0.3) is 0 Å². The molecule has 0 spiro atoms. The minimum absolute atomic E-state index is 0. The molecule has 0 N–H and O–H groups in total. The van der Waals surface area contributed by atoms with Crippen molar-refractivity contribution in [3.05, 3.63) is 12.1 Å². The summed E-state index contributed by atoms with van der Waals surface area (Å²) < 4.78 is 35.7. The maximum absolute atomic E-state index is 11.9. The molecule has 0 saturated carbocycles. The predicted molar refractivity (Wildman–Crippen MR) is 37.7 cm³/mol. The third kappa shape index (κ3) is 5.47. The van der Waals surface area contributed by atoms with E-state index in [1.165, 1.54) is 20.8 Å². The van der Waals surface area contributed by atoms with E-state index >= 15 is 0 Å². The average molecular weight is 190 g/mol.